The van der Waals surface area contributed by atoms with Crippen LogP contribution in [0.2, 0.25) is 5.02 Å². The van der Waals surface area contributed by atoms with Gasteiger partial charge in [-0.1, -0.05) is 54.4 Å². The lowest BCUT2D eigenvalue weighted by atomic mass is 9.77. The monoisotopic (exact) mass is 285 g/mol. The fourth-order valence-electron chi connectivity index (χ4n) is 2.97. The molecule has 2 heteroatoms. The van der Waals surface area contributed by atoms with E-state index in [0.717, 1.165) is 17.4 Å². The van der Waals surface area contributed by atoms with Gasteiger partial charge < -0.3 is 5.73 Å². The summed E-state index contributed by atoms with van der Waals surface area (Å²) in [7, 11) is 0. The molecule has 0 heterocycles. The van der Waals surface area contributed by atoms with Crippen LogP contribution in [0.3, 0.4) is 0 Å². The Morgan fingerprint density at radius 1 is 1.10 bits per heavy atom. The Morgan fingerprint density at radius 3 is 2.60 bits per heavy atom. The predicted octanol–water partition coefficient (Wildman–Crippen LogP) is 4.85. The third-order valence-electron chi connectivity index (χ3n) is 4.29. The van der Waals surface area contributed by atoms with Gasteiger partial charge in [-0.25, -0.2) is 0 Å². The zero-order chi connectivity index (χ0) is 13.9. The van der Waals surface area contributed by atoms with Crippen molar-refractivity contribution in [2.45, 2.75) is 37.6 Å². The summed E-state index contributed by atoms with van der Waals surface area (Å²) < 4.78 is 0. The summed E-state index contributed by atoms with van der Waals surface area (Å²) in [4.78, 5) is 0. The average molecular weight is 286 g/mol. The minimum absolute atomic E-state index is 0.0465. The molecular formula is C18H20ClN. The molecule has 1 nitrogen and oxygen atoms in total. The molecule has 0 aliphatic heterocycles. The van der Waals surface area contributed by atoms with E-state index < -0.39 is 0 Å². The fourth-order valence-corrected chi connectivity index (χ4v) is 3.18. The van der Waals surface area contributed by atoms with Crippen LogP contribution in [-0.2, 0) is 6.42 Å². The minimum Gasteiger partial charge on any atom is -0.324 e. The molecular weight excluding hydrogens is 266 g/mol. The molecule has 104 valence electrons. The van der Waals surface area contributed by atoms with Gasteiger partial charge in [0.1, 0.15) is 0 Å². The van der Waals surface area contributed by atoms with Crippen molar-refractivity contribution in [2.24, 2.45) is 5.73 Å². The molecule has 2 aromatic carbocycles. The van der Waals surface area contributed by atoms with Crippen LogP contribution in [0, 0.1) is 0 Å². The topological polar surface area (TPSA) is 26.0 Å². The van der Waals surface area contributed by atoms with Crippen molar-refractivity contribution in [3.8, 4) is 0 Å². The minimum atomic E-state index is 0.0465. The van der Waals surface area contributed by atoms with Crippen molar-refractivity contribution in [1.82, 2.24) is 0 Å². The molecule has 2 aromatic rings. The first kappa shape index (κ1) is 13.7. The number of hydrogen-bond acceptors (Lipinski definition) is 1. The molecule has 1 aliphatic carbocycles. The summed E-state index contributed by atoms with van der Waals surface area (Å²) in [5, 5.41) is 0.780. The molecule has 1 unspecified atom stereocenters. The molecule has 0 aromatic heterocycles. The summed E-state index contributed by atoms with van der Waals surface area (Å²) in [5.41, 5.74) is 10.4. The second-order valence-electron chi connectivity index (χ2n) is 5.70. The summed E-state index contributed by atoms with van der Waals surface area (Å²) in [6, 6.07) is 16.7. The van der Waals surface area contributed by atoms with E-state index in [1.54, 1.807) is 0 Å². The standard InChI is InChI=1S/C18H20ClN/c19-15-8-3-5-13(11-15)12-18(20)17-10-2-1-9-16(17)14-6-4-7-14/h1-3,5,8-11,14,18H,4,6-7,12,20H2. The highest BCUT2D eigenvalue weighted by Crippen LogP contribution is 2.39. The van der Waals surface area contributed by atoms with Crippen molar-refractivity contribution >= 4 is 11.6 Å². The van der Waals surface area contributed by atoms with Gasteiger partial charge in [0.2, 0.25) is 0 Å². The van der Waals surface area contributed by atoms with Crippen LogP contribution >= 0.6 is 11.6 Å². The maximum absolute atomic E-state index is 6.45. The normalized spacial score (nSPS) is 16.7. The van der Waals surface area contributed by atoms with Crippen LogP contribution in [0.4, 0.5) is 0 Å². The van der Waals surface area contributed by atoms with E-state index in [1.807, 2.05) is 18.2 Å². The molecule has 0 amide bonds. The number of hydrogen-bond donors (Lipinski definition) is 1. The highest BCUT2D eigenvalue weighted by molar-refractivity contribution is 6.30. The first-order valence-corrected chi connectivity index (χ1v) is 7.70. The smallest absolute Gasteiger partial charge is 0.0408 e. The Hall–Kier alpha value is -1.31. The van der Waals surface area contributed by atoms with Gasteiger partial charge in [-0.05, 0) is 54.0 Å². The van der Waals surface area contributed by atoms with Gasteiger partial charge in [-0.2, -0.15) is 0 Å². The van der Waals surface area contributed by atoms with E-state index in [-0.39, 0.29) is 6.04 Å². The van der Waals surface area contributed by atoms with Crippen molar-refractivity contribution in [3.05, 3.63) is 70.2 Å². The fraction of sp³-hybridized carbons (Fsp3) is 0.333. The van der Waals surface area contributed by atoms with E-state index in [4.69, 9.17) is 17.3 Å². The van der Waals surface area contributed by atoms with Gasteiger partial charge in [-0.15, -0.1) is 0 Å². The summed E-state index contributed by atoms with van der Waals surface area (Å²) in [6.07, 6.45) is 4.80. The zero-order valence-corrected chi connectivity index (χ0v) is 12.3. The van der Waals surface area contributed by atoms with Crippen molar-refractivity contribution in [1.29, 1.82) is 0 Å². The second kappa shape index (κ2) is 5.99. The maximum Gasteiger partial charge on any atom is 0.0408 e. The highest BCUT2D eigenvalue weighted by Gasteiger charge is 2.23. The molecule has 0 bridgehead atoms. The molecule has 1 fully saturated rings. The maximum atomic E-state index is 6.45. The van der Waals surface area contributed by atoms with Crippen LogP contribution < -0.4 is 5.73 Å². The van der Waals surface area contributed by atoms with Crippen LogP contribution in [0.25, 0.3) is 0 Å². The van der Waals surface area contributed by atoms with Crippen molar-refractivity contribution in [2.75, 3.05) is 0 Å². The first-order valence-electron chi connectivity index (χ1n) is 7.33. The van der Waals surface area contributed by atoms with Gasteiger partial charge in [0.25, 0.3) is 0 Å². The quantitative estimate of drug-likeness (QED) is 0.854. The van der Waals surface area contributed by atoms with Crippen LogP contribution in [0.15, 0.2) is 48.5 Å². The van der Waals surface area contributed by atoms with Crippen LogP contribution in [0.1, 0.15) is 47.9 Å². The van der Waals surface area contributed by atoms with Crippen LogP contribution in [0.5, 0.6) is 0 Å². The number of rotatable bonds is 4. The zero-order valence-electron chi connectivity index (χ0n) is 11.6. The number of nitrogens with two attached hydrogens (primary N) is 1. The molecule has 2 N–H and O–H groups in total. The van der Waals surface area contributed by atoms with E-state index in [0.29, 0.717) is 0 Å². The Morgan fingerprint density at radius 2 is 1.90 bits per heavy atom. The van der Waals surface area contributed by atoms with E-state index >= 15 is 0 Å². The summed E-state index contributed by atoms with van der Waals surface area (Å²) in [5.74, 6) is 0.719. The molecule has 20 heavy (non-hydrogen) atoms. The lowest BCUT2D eigenvalue weighted by Crippen LogP contribution is -2.19. The van der Waals surface area contributed by atoms with E-state index in [1.165, 1.54) is 36.0 Å². The molecule has 0 radical (unpaired) electrons. The molecule has 1 saturated carbocycles. The third kappa shape index (κ3) is 2.89. The summed E-state index contributed by atoms with van der Waals surface area (Å²) in [6.45, 7) is 0. The predicted molar refractivity (Wildman–Crippen MR) is 85.1 cm³/mol. The largest absolute Gasteiger partial charge is 0.324 e. The lowest BCUT2D eigenvalue weighted by molar-refractivity contribution is 0.415. The first-order chi connectivity index (χ1) is 9.74. The Bertz CT molecular complexity index is 589. The average Bonchev–Trinajstić information content (AvgIpc) is 2.37. The Balaban J connectivity index is 1.81. The van der Waals surface area contributed by atoms with Crippen molar-refractivity contribution in [3.63, 3.8) is 0 Å². The third-order valence-corrected chi connectivity index (χ3v) is 4.52. The second-order valence-corrected chi connectivity index (χ2v) is 6.13. The van der Waals surface area contributed by atoms with Crippen LogP contribution in [-0.4, -0.2) is 0 Å². The molecule has 3 rings (SSSR count). The molecule has 0 saturated heterocycles. The molecule has 0 spiro atoms. The van der Waals surface area contributed by atoms with Gasteiger partial charge in [0.05, 0.1) is 0 Å². The lowest BCUT2D eigenvalue weighted by Gasteiger charge is -2.29. The molecule has 1 aliphatic rings. The van der Waals surface area contributed by atoms with Gasteiger partial charge >= 0.3 is 0 Å². The SMILES string of the molecule is NC(Cc1cccc(Cl)c1)c1ccccc1C1CCC1. The van der Waals surface area contributed by atoms with E-state index in [9.17, 15) is 0 Å². The number of benzene rings is 2. The van der Waals surface area contributed by atoms with Gasteiger partial charge in [0.15, 0.2) is 0 Å². The Labute approximate surface area is 125 Å². The Kier molecular flexibility index (Phi) is 4.09. The molecule has 1 atom stereocenters. The van der Waals surface area contributed by atoms with E-state index in [2.05, 4.69) is 30.3 Å². The number of halogens is 1. The summed E-state index contributed by atoms with van der Waals surface area (Å²) >= 11 is 6.05. The highest BCUT2D eigenvalue weighted by atomic mass is 35.5. The van der Waals surface area contributed by atoms with Gasteiger partial charge in [0, 0.05) is 11.1 Å². The van der Waals surface area contributed by atoms with Gasteiger partial charge in [-0.3, -0.25) is 0 Å². The van der Waals surface area contributed by atoms with Crippen molar-refractivity contribution < 1.29 is 0 Å².